The molecule has 0 saturated carbocycles. The standard InChI is InChI=1S/C15H15N3/c1-11(2)13-4-6-14(7-5-13)18-15-8-3-12(9-16)10-17-15/h3-8,10-11H,1-2H3,(H,17,18). The Labute approximate surface area is 107 Å². The first kappa shape index (κ1) is 12.1. The van der Waals surface area contributed by atoms with Crippen LogP contribution in [0, 0.1) is 11.3 Å². The smallest absolute Gasteiger partial charge is 0.130 e. The summed E-state index contributed by atoms with van der Waals surface area (Å²) < 4.78 is 0. The Kier molecular flexibility index (Phi) is 3.59. The molecule has 2 aromatic rings. The van der Waals surface area contributed by atoms with Gasteiger partial charge in [-0.25, -0.2) is 4.98 Å². The minimum atomic E-state index is 0.534. The molecule has 0 fully saturated rings. The van der Waals surface area contributed by atoms with Crippen molar-refractivity contribution in [3.05, 3.63) is 53.7 Å². The van der Waals surface area contributed by atoms with Gasteiger partial charge in [0, 0.05) is 11.9 Å². The number of anilines is 2. The van der Waals surface area contributed by atoms with E-state index in [2.05, 4.69) is 36.3 Å². The lowest BCUT2D eigenvalue weighted by Crippen LogP contribution is -1.94. The number of benzene rings is 1. The summed E-state index contributed by atoms with van der Waals surface area (Å²) in [5.41, 5.74) is 2.88. The molecular weight excluding hydrogens is 222 g/mol. The molecule has 3 nitrogen and oxygen atoms in total. The van der Waals surface area contributed by atoms with Crippen LogP contribution in [-0.2, 0) is 0 Å². The van der Waals surface area contributed by atoms with E-state index in [0.717, 1.165) is 11.5 Å². The minimum absolute atomic E-state index is 0.534. The summed E-state index contributed by atoms with van der Waals surface area (Å²) in [4.78, 5) is 4.17. The van der Waals surface area contributed by atoms with E-state index in [-0.39, 0.29) is 0 Å². The summed E-state index contributed by atoms with van der Waals surface area (Å²) in [6, 6.07) is 13.9. The van der Waals surface area contributed by atoms with Crippen molar-refractivity contribution in [2.45, 2.75) is 19.8 Å². The van der Waals surface area contributed by atoms with Crippen molar-refractivity contribution in [1.82, 2.24) is 4.98 Å². The monoisotopic (exact) mass is 237 g/mol. The van der Waals surface area contributed by atoms with Crippen molar-refractivity contribution in [1.29, 1.82) is 5.26 Å². The SMILES string of the molecule is CC(C)c1ccc(Nc2ccc(C#N)cn2)cc1. The Hall–Kier alpha value is -2.34. The maximum Gasteiger partial charge on any atom is 0.130 e. The molecule has 1 aromatic carbocycles. The summed E-state index contributed by atoms with van der Waals surface area (Å²) in [6.45, 7) is 4.34. The number of hydrogen-bond acceptors (Lipinski definition) is 3. The molecule has 0 bridgehead atoms. The number of aromatic nitrogens is 1. The Balaban J connectivity index is 2.11. The highest BCUT2D eigenvalue weighted by Crippen LogP contribution is 2.19. The first-order valence-electron chi connectivity index (χ1n) is 5.92. The van der Waals surface area contributed by atoms with Crippen LogP contribution >= 0.6 is 0 Å². The van der Waals surface area contributed by atoms with Crippen molar-refractivity contribution < 1.29 is 0 Å². The fourth-order valence-electron chi connectivity index (χ4n) is 1.63. The van der Waals surface area contributed by atoms with Crippen LogP contribution in [0.25, 0.3) is 0 Å². The van der Waals surface area contributed by atoms with Crippen molar-refractivity contribution in [2.75, 3.05) is 5.32 Å². The van der Waals surface area contributed by atoms with E-state index in [4.69, 9.17) is 5.26 Å². The minimum Gasteiger partial charge on any atom is -0.340 e. The lowest BCUT2D eigenvalue weighted by atomic mass is 10.0. The van der Waals surface area contributed by atoms with Gasteiger partial charge in [0.15, 0.2) is 0 Å². The van der Waals surface area contributed by atoms with Crippen molar-refractivity contribution in [3.63, 3.8) is 0 Å². The zero-order valence-electron chi connectivity index (χ0n) is 10.5. The highest BCUT2D eigenvalue weighted by atomic mass is 15.0. The summed E-state index contributed by atoms with van der Waals surface area (Å²) in [5, 5.41) is 11.9. The van der Waals surface area contributed by atoms with Gasteiger partial charge in [0.1, 0.15) is 11.9 Å². The van der Waals surface area contributed by atoms with E-state index in [1.165, 1.54) is 5.56 Å². The number of nitriles is 1. The molecule has 0 radical (unpaired) electrons. The molecule has 2 rings (SSSR count). The van der Waals surface area contributed by atoms with Gasteiger partial charge in [0.2, 0.25) is 0 Å². The second kappa shape index (κ2) is 5.33. The number of hydrogen-bond donors (Lipinski definition) is 1. The molecule has 0 amide bonds. The summed E-state index contributed by atoms with van der Waals surface area (Å²) in [5.74, 6) is 1.28. The van der Waals surface area contributed by atoms with Gasteiger partial charge < -0.3 is 5.32 Å². The van der Waals surface area contributed by atoms with E-state index in [1.807, 2.05) is 18.2 Å². The zero-order valence-corrected chi connectivity index (χ0v) is 10.5. The molecule has 0 aliphatic carbocycles. The second-order valence-corrected chi connectivity index (χ2v) is 4.45. The fraction of sp³-hybridized carbons (Fsp3) is 0.200. The van der Waals surface area contributed by atoms with Crippen molar-refractivity contribution in [2.24, 2.45) is 0 Å². The molecule has 1 aromatic heterocycles. The van der Waals surface area contributed by atoms with Crippen LogP contribution in [0.15, 0.2) is 42.6 Å². The van der Waals surface area contributed by atoms with E-state index in [1.54, 1.807) is 18.3 Å². The van der Waals surface area contributed by atoms with Gasteiger partial charge in [-0.05, 0) is 35.7 Å². The van der Waals surface area contributed by atoms with E-state index in [9.17, 15) is 0 Å². The molecule has 90 valence electrons. The van der Waals surface area contributed by atoms with Crippen LogP contribution in [0.5, 0.6) is 0 Å². The molecule has 1 N–H and O–H groups in total. The van der Waals surface area contributed by atoms with Crippen molar-refractivity contribution in [3.8, 4) is 6.07 Å². The molecule has 0 spiro atoms. The molecular formula is C15H15N3. The van der Waals surface area contributed by atoms with Crippen LogP contribution in [0.1, 0.15) is 30.9 Å². The molecule has 0 aliphatic heterocycles. The Morgan fingerprint density at radius 3 is 2.33 bits per heavy atom. The predicted molar refractivity (Wildman–Crippen MR) is 72.8 cm³/mol. The Bertz CT molecular complexity index is 548. The average molecular weight is 237 g/mol. The topological polar surface area (TPSA) is 48.7 Å². The summed E-state index contributed by atoms with van der Waals surface area (Å²) >= 11 is 0. The van der Waals surface area contributed by atoms with Crippen molar-refractivity contribution >= 4 is 11.5 Å². The third-order valence-electron chi connectivity index (χ3n) is 2.74. The van der Waals surface area contributed by atoms with Gasteiger partial charge >= 0.3 is 0 Å². The van der Waals surface area contributed by atoms with E-state index < -0.39 is 0 Å². The lowest BCUT2D eigenvalue weighted by Gasteiger charge is -2.08. The second-order valence-electron chi connectivity index (χ2n) is 4.45. The maximum atomic E-state index is 8.69. The van der Waals surface area contributed by atoms with Gasteiger partial charge in [-0.3, -0.25) is 0 Å². The first-order valence-corrected chi connectivity index (χ1v) is 5.92. The van der Waals surface area contributed by atoms with Gasteiger partial charge in [-0.1, -0.05) is 26.0 Å². The quantitative estimate of drug-likeness (QED) is 0.882. The van der Waals surface area contributed by atoms with Crippen LogP contribution < -0.4 is 5.32 Å². The number of rotatable bonds is 3. The fourth-order valence-corrected chi connectivity index (χ4v) is 1.63. The van der Waals surface area contributed by atoms with Gasteiger partial charge in [0.25, 0.3) is 0 Å². The third-order valence-corrected chi connectivity index (χ3v) is 2.74. The summed E-state index contributed by atoms with van der Waals surface area (Å²) in [6.07, 6.45) is 1.56. The first-order chi connectivity index (χ1) is 8.69. The molecule has 0 saturated heterocycles. The van der Waals surface area contributed by atoms with E-state index in [0.29, 0.717) is 11.5 Å². The largest absolute Gasteiger partial charge is 0.340 e. The number of nitrogens with zero attached hydrogens (tertiary/aromatic N) is 2. The lowest BCUT2D eigenvalue weighted by molar-refractivity contribution is 0.867. The molecule has 0 unspecified atom stereocenters. The zero-order chi connectivity index (χ0) is 13.0. The van der Waals surface area contributed by atoms with Gasteiger partial charge in [-0.2, -0.15) is 5.26 Å². The molecule has 1 heterocycles. The van der Waals surface area contributed by atoms with Crippen LogP contribution in [-0.4, -0.2) is 4.98 Å². The Morgan fingerprint density at radius 1 is 1.11 bits per heavy atom. The van der Waals surface area contributed by atoms with Crippen LogP contribution in [0.3, 0.4) is 0 Å². The number of nitrogens with one attached hydrogen (secondary N) is 1. The van der Waals surface area contributed by atoms with Gasteiger partial charge in [-0.15, -0.1) is 0 Å². The number of pyridine rings is 1. The highest BCUT2D eigenvalue weighted by molar-refractivity contribution is 5.56. The average Bonchev–Trinajstić information content (AvgIpc) is 2.40. The van der Waals surface area contributed by atoms with E-state index >= 15 is 0 Å². The molecule has 0 aliphatic rings. The molecule has 3 heteroatoms. The predicted octanol–water partition coefficient (Wildman–Crippen LogP) is 3.82. The van der Waals surface area contributed by atoms with Crippen LogP contribution in [0.2, 0.25) is 0 Å². The van der Waals surface area contributed by atoms with Gasteiger partial charge in [0.05, 0.1) is 5.56 Å². The maximum absolute atomic E-state index is 8.69. The molecule has 0 atom stereocenters. The molecule has 18 heavy (non-hydrogen) atoms. The normalized spacial score (nSPS) is 10.1. The third kappa shape index (κ3) is 2.86. The Morgan fingerprint density at radius 2 is 1.83 bits per heavy atom. The summed E-state index contributed by atoms with van der Waals surface area (Å²) in [7, 11) is 0. The van der Waals surface area contributed by atoms with Crippen LogP contribution in [0.4, 0.5) is 11.5 Å². The highest BCUT2D eigenvalue weighted by Gasteiger charge is 2.00.